The monoisotopic (exact) mass is 622 g/mol. The molecule has 0 radical (unpaired) electrons. The normalized spacial score (nSPS) is 14.2. The number of halogens is 3. The van der Waals surface area contributed by atoms with Crippen LogP contribution in [0.15, 0.2) is 49.1 Å². The molecule has 1 amide bonds. The Kier molecular flexibility index (Phi) is 10.0. The van der Waals surface area contributed by atoms with Crippen LogP contribution in [0.3, 0.4) is 0 Å². The number of alkyl halides is 3. The van der Waals surface area contributed by atoms with Crippen molar-refractivity contribution in [1.82, 2.24) is 24.8 Å². The van der Waals surface area contributed by atoms with E-state index in [1.165, 1.54) is 43.0 Å². The van der Waals surface area contributed by atoms with Crippen LogP contribution in [0.2, 0.25) is 0 Å². The predicted molar refractivity (Wildman–Crippen MR) is 157 cm³/mol. The fourth-order valence-electron chi connectivity index (χ4n) is 4.32. The van der Waals surface area contributed by atoms with Gasteiger partial charge in [-0.3, -0.25) is 14.8 Å². The maximum atomic E-state index is 13.7. The molecular formula is C31H29F3N6O5. The van der Waals surface area contributed by atoms with E-state index in [-0.39, 0.29) is 48.3 Å². The minimum absolute atomic E-state index is 0.00403. The third kappa shape index (κ3) is 8.42. The summed E-state index contributed by atoms with van der Waals surface area (Å²) in [5.74, 6) is 5.65. The van der Waals surface area contributed by atoms with Crippen LogP contribution in [0.25, 0.3) is 11.0 Å². The number of carbonyl (C=O) groups excluding carboxylic acids is 1. The van der Waals surface area contributed by atoms with Crippen molar-refractivity contribution in [1.29, 1.82) is 0 Å². The molecule has 0 fully saturated rings. The van der Waals surface area contributed by atoms with E-state index in [9.17, 15) is 18.0 Å². The summed E-state index contributed by atoms with van der Waals surface area (Å²) in [5.41, 5.74) is 1.06. The number of carbonyl (C=O) groups is 1. The molecular weight excluding hydrogens is 593 g/mol. The Hall–Kier alpha value is -4.84. The van der Waals surface area contributed by atoms with Gasteiger partial charge in [0, 0.05) is 36.4 Å². The molecule has 3 aromatic heterocycles. The van der Waals surface area contributed by atoms with Gasteiger partial charge in [0.2, 0.25) is 0 Å². The van der Waals surface area contributed by atoms with E-state index in [1.807, 2.05) is 0 Å². The summed E-state index contributed by atoms with van der Waals surface area (Å²) in [6, 6.07) is 5.19. The Labute approximate surface area is 256 Å². The third-order valence-corrected chi connectivity index (χ3v) is 6.32. The molecule has 0 saturated heterocycles. The molecule has 1 aromatic carbocycles. The van der Waals surface area contributed by atoms with E-state index in [0.29, 0.717) is 48.6 Å². The molecule has 234 valence electrons. The minimum atomic E-state index is -4.58. The molecule has 1 aliphatic rings. The Morgan fingerprint density at radius 2 is 1.58 bits per heavy atom. The smallest absolute Gasteiger partial charge is 0.416 e. The maximum Gasteiger partial charge on any atom is 0.416 e. The standard InChI is InChI=1S/C31H29F3N6O5/c1-40(2)19-22-5-6-24(14-25(22)31(32,33)34)37-28(41)23-13-20(15-35-17-23)3-4-21-16-36-18-26-27(21)39-30-29(38-26)44-11-9-42-7-8-43-10-12-45-30/h5-6,13-18H,7-12,19H2,1-2H3,(H,37,41). The Morgan fingerprint density at radius 1 is 0.889 bits per heavy atom. The highest BCUT2D eigenvalue weighted by molar-refractivity contribution is 6.04. The Balaban J connectivity index is 1.37. The van der Waals surface area contributed by atoms with E-state index >= 15 is 0 Å². The molecule has 1 aliphatic heterocycles. The number of pyridine rings is 2. The lowest BCUT2D eigenvalue weighted by atomic mass is 10.1. The SMILES string of the molecule is CN(C)Cc1ccc(NC(=O)c2cncc(C#Cc3cncc4nc5c(nc34)OCCOCCOCCO5)c2)cc1C(F)(F)F. The van der Waals surface area contributed by atoms with Crippen LogP contribution in [0.1, 0.15) is 32.6 Å². The van der Waals surface area contributed by atoms with Crippen molar-refractivity contribution in [2.24, 2.45) is 0 Å². The first-order valence-electron chi connectivity index (χ1n) is 13.9. The highest BCUT2D eigenvalue weighted by Gasteiger charge is 2.33. The number of amides is 1. The van der Waals surface area contributed by atoms with E-state index < -0.39 is 17.6 Å². The lowest BCUT2D eigenvalue weighted by molar-refractivity contribution is -0.138. The summed E-state index contributed by atoms with van der Waals surface area (Å²) < 4.78 is 63.5. The van der Waals surface area contributed by atoms with Gasteiger partial charge in [0.15, 0.2) is 0 Å². The van der Waals surface area contributed by atoms with Gasteiger partial charge in [0.25, 0.3) is 17.7 Å². The van der Waals surface area contributed by atoms with Crippen molar-refractivity contribution < 1.29 is 36.9 Å². The van der Waals surface area contributed by atoms with Crippen LogP contribution < -0.4 is 14.8 Å². The fourth-order valence-corrected chi connectivity index (χ4v) is 4.32. The van der Waals surface area contributed by atoms with Crippen LogP contribution in [-0.2, 0) is 22.2 Å². The zero-order valence-electron chi connectivity index (χ0n) is 24.5. The molecule has 0 atom stereocenters. The van der Waals surface area contributed by atoms with Crippen molar-refractivity contribution in [3.63, 3.8) is 0 Å². The largest absolute Gasteiger partial charge is 0.471 e. The first-order chi connectivity index (χ1) is 21.7. The van der Waals surface area contributed by atoms with Crippen LogP contribution in [0.5, 0.6) is 11.8 Å². The molecule has 0 spiro atoms. The topological polar surface area (TPSA) is 121 Å². The molecule has 45 heavy (non-hydrogen) atoms. The lowest BCUT2D eigenvalue weighted by Crippen LogP contribution is -2.18. The second-order valence-corrected chi connectivity index (χ2v) is 10.1. The fraction of sp³-hybridized carbons (Fsp3) is 0.323. The molecule has 0 bridgehead atoms. The zero-order chi connectivity index (χ0) is 31.8. The summed E-state index contributed by atoms with van der Waals surface area (Å²) in [6.07, 6.45) is 1.22. The average molecular weight is 623 g/mol. The number of ether oxygens (including phenoxy) is 4. The lowest BCUT2D eigenvalue weighted by Gasteiger charge is -2.17. The highest BCUT2D eigenvalue weighted by atomic mass is 19.4. The first kappa shape index (κ1) is 31.6. The van der Waals surface area contributed by atoms with Crippen molar-refractivity contribution in [2.45, 2.75) is 12.7 Å². The van der Waals surface area contributed by atoms with Gasteiger partial charge in [-0.1, -0.05) is 17.9 Å². The van der Waals surface area contributed by atoms with Gasteiger partial charge in [0.05, 0.1) is 49.3 Å². The summed E-state index contributed by atoms with van der Waals surface area (Å²) in [6.45, 7) is 2.11. The summed E-state index contributed by atoms with van der Waals surface area (Å²) in [7, 11) is 3.36. The Bertz CT molecular complexity index is 1740. The molecule has 4 heterocycles. The number of aromatic nitrogens is 4. The number of nitrogens with zero attached hydrogens (tertiary/aromatic N) is 5. The van der Waals surface area contributed by atoms with Crippen LogP contribution in [-0.4, -0.2) is 84.5 Å². The van der Waals surface area contributed by atoms with Crippen LogP contribution >= 0.6 is 0 Å². The number of hydrogen-bond acceptors (Lipinski definition) is 10. The van der Waals surface area contributed by atoms with Gasteiger partial charge >= 0.3 is 6.18 Å². The van der Waals surface area contributed by atoms with E-state index in [4.69, 9.17) is 18.9 Å². The molecule has 0 saturated carbocycles. The van der Waals surface area contributed by atoms with Gasteiger partial charge in [-0.2, -0.15) is 13.2 Å². The van der Waals surface area contributed by atoms with Crippen molar-refractivity contribution in [3.05, 3.63) is 76.9 Å². The van der Waals surface area contributed by atoms with Gasteiger partial charge in [-0.15, -0.1) is 0 Å². The number of hydrogen-bond donors (Lipinski definition) is 1. The number of nitrogens with one attached hydrogen (secondary N) is 1. The van der Waals surface area contributed by atoms with Gasteiger partial charge in [-0.05, 0) is 37.9 Å². The van der Waals surface area contributed by atoms with E-state index in [1.54, 1.807) is 19.0 Å². The second kappa shape index (κ2) is 14.3. The van der Waals surface area contributed by atoms with Gasteiger partial charge < -0.3 is 29.2 Å². The second-order valence-electron chi connectivity index (χ2n) is 10.1. The van der Waals surface area contributed by atoms with Crippen LogP contribution in [0, 0.1) is 11.8 Å². The minimum Gasteiger partial charge on any atom is -0.471 e. The van der Waals surface area contributed by atoms with Crippen molar-refractivity contribution in [3.8, 4) is 23.6 Å². The number of rotatable bonds is 4. The van der Waals surface area contributed by atoms with E-state index in [2.05, 4.69) is 37.1 Å². The highest BCUT2D eigenvalue weighted by Crippen LogP contribution is 2.34. The summed E-state index contributed by atoms with van der Waals surface area (Å²) >= 11 is 0. The predicted octanol–water partition coefficient (Wildman–Crippen LogP) is 3.96. The van der Waals surface area contributed by atoms with Crippen molar-refractivity contribution in [2.75, 3.05) is 59.1 Å². The molecule has 4 aromatic rings. The van der Waals surface area contributed by atoms with E-state index in [0.717, 1.165) is 6.07 Å². The number of benzene rings is 1. The van der Waals surface area contributed by atoms with Crippen molar-refractivity contribution >= 4 is 22.6 Å². The third-order valence-electron chi connectivity index (χ3n) is 6.32. The molecule has 0 unspecified atom stereocenters. The summed E-state index contributed by atoms with van der Waals surface area (Å²) in [5, 5.41) is 2.52. The van der Waals surface area contributed by atoms with Gasteiger partial charge in [-0.25, -0.2) is 9.97 Å². The zero-order valence-corrected chi connectivity index (χ0v) is 24.5. The molecule has 1 N–H and O–H groups in total. The molecule has 0 aliphatic carbocycles. The number of anilines is 1. The quantitative estimate of drug-likeness (QED) is 0.335. The molecule has 11 nitrogen and oxygen atoms in total. The average Bonchev–Trinajstić information content (AvgIpc) is 3.00. The first-order valence-corrected chi connectivity index (χ1v) is 13.9. The molecule has 5 rings (SSSR count). The molecule has 14 heteroatoms. The number of fused-ring (bicyclic) bond motifs is 2. The van der Waals surface area contributed by atoms with Gasteiger partial charge in [0.1, 0.15) is 24.2 Å². The maximum absolute atomic E-state index is 13.7. The Morgan fingerprint density at radius 3 is 2.29 bits per heavy atom. The summed E-state index contributed by atoms with van der Waals surface area (Å²) in [4.78, 5) is 32.0. The van der Waals surface area contributed by atoms with Crippen LogP contribution in [0.4, 0.5) is 18.9 Å².